The quantitative estimate of drug-likeness (QED) is 0.513. The van der Waals surface area contributed by atoms with E-state index in [1.165, 1.54) is 11.3 Å². The van der Waals surface area contributed by atoms with Crippen LogP contribution in [0.1, 0.15) is 33.8 Å². The van der Waals surface area contributed by atoms with Gasteiger partial charge in [0.15, 0.2) is 5.01 Å². The van der Waals surface area contributed by atoms with Gasteiger partial charge in [0.1, 0.15) is 12.6 Å². The molecule has 0 aliphatic carbocycles. The number of nitrogens with zero attached hydrogens (tertiary/aromatic N) is 2. The Morgan fingerprint density at radius 1 is 1.06 bits per heavy atom. The van der Waals surface area contributed by atoms with Gasteiger partial charge in [-0.1, -0.05) is 60.7 Å². The van der Waals surface area contributed by atoms with Crippen molar-refractivity contribution in [1.29, 1.82) is 0 Å². The van der Waals surface area contributed by atoms with E-state index in [9.17, 15) is 14.4 Å². The molecule has 1 saturated heterocycles. The molecule has 0 radical (unpaired) electrons. The Bertz CT molecular complexity index is 1070. The van der Waals surface area contributed by atoms with E-state index in [1.807, 2.05) is 60.7 Å². The fraction of sp³-hybridized carbons (Fsp3) is 0.280. The van der Waals surface area contributed by atoms with E-state index in [0.29, 0.717) is 24.4 Å². The molecule has 0 unspecified atom stereocenters. The number of rotatable bonds is 8. The first-order valence-corrected chi connectivity index (χ1v) is 11.7. The van der Waals surface area contributed by atoms with Gasteiger partial charge in [-0.2, -0.15) is 0 Å². The second kappa shape index (κ2) is 10.9. The number of likely N-dealkylation sites (tertiary alicyclic amines) is 1. The van der Waals surface area contributed by atoms with Gasteiger partial charge in [0, 0.05) is 24.5 Å². The SMILES string of the molecule is O=C(N[C@@H](Cc1ccccc1)C(=O)N1CCC[C@H]1C(=O)c1nccs1)OCc1ccccc1. The molecule has 1 N–H and O–H groups in total. The zero-order chi connectivity index (χ0) is 23.0. The van der Waals surface area contributed by atoms with Crippen LogP contribution in [0.15, 0.2) is 72.2 Å². The summed E-state index contributed by atoms with van der Waals surface area (Å²) in [5.41, 5.74) is 1.76. The maximum Gasteiger partial charge on any atom is 0.408 e. The normalized spacial score (nSPS) is 16.2. The van der Waals surface area contributed by atoms with Crippen molar-refractivity contribution < 1.29 is 19.1 Å². The number of nitrogens with one attached hydrogen (secondary N) is 1. The Morgan fingerprint density at radius 3 is 2.42 bits per heavy atom. The van der Waals surface area contributed by atoms with Gasteiger partial charge in [0.05, 0.1) is 6.04 Å². The van der Waals surface area contributed by atoms with Crippen LogP contribution in [-0.2, 0) is 22.6 Å². The summed E-state index contributed by atoms with van der Waals surface area (Å²) in [6.45, 7) is 0.570. The third-order valence-electron chi connectivity index (χ3n) is 5.57. The molecule has 1 aromatic heterocycles. The van der Waals surface area contributed by atoms with Crippen molar-refractivity contribution in [3.63, 3.8) is 0 Å². The highest BCUT2D eigenvalue weighted by atomic mass is 32.1. The fourth-order valence-electron chi connectivity index (χ4n) is 3.95. The average Bonchev–Trinajstić information content (AvgIpc) is 3.55. The molecule has 2 aromatic carbocycles. The first kappa shape index (κ1) is 22.7. The number of ether oxygens (including phenoxy) is 1. The van der Waals surface area contributed by atoms with Crippen LogP contribution < -0.4 is 5.32 Å². The van der Waals surface area contributed by atoms with Gasteiger partial charge < -0.3 is 15.0 Å². The van der Waals surface area contributed by atoms with Crippen LogP contribution in [0.2, 0.25) is 0 Å². The number of aromatic nitrogens is 1. The van der Waals surface area contributed by atoms with Crippen LogP contribution in [0, 0.1) is 0 Å². The summed E-state index contributed by atoms with van der Waals surface area (Å²) in [5.74, 6) is -0.441. The second-order valence-corrected chi connectivity index (χ2v) is 8.73. The van der Waals surface area contributed by atoms with E-state index in [1.54, 1.807) is 16.5 Å². The number of carbonyl (C=O) groups excluding carboxylic acids is 3. The predicted molar refractivity (Wildman–Crippen MR) is 125 cm³/mol. The van der Waals surface area contributed by atoms with Gasteiger partial charge in [-0.3, -0.25) is 9.59 Å². The number of Topliss-reactive ketones (excluding diaryl/α,β-unsaturated/α-hetero) is 1. The third-order valence-corrected chi connectivity index (χ3v) is 6.35. The van der Waals surface area contributed by atoms with Gasteiger partial charge in [-0.15, -0.1) is 11.3 Å². The molecule has 2 atom stereocenters. The largest absolute Gasteiger partial charge is 0.445 e. The molecular weight excluding hydrogens is 438 g/mol. The number of carbonyl (C=O) groups is 3. The minimum absolute atomic E-state index is 0.105. The zero-order valence-electron chi connectivity index (χ0n) is 18.1. The Labute approximate surface area is 196 Å². The summed E-state index contributed by atoms with van der Waals surface area (Å²) in [6, 6.07) is 17.4. The Morgan fingerprint density at radius 2 is 1.76 bits per heavy atom. The number of hydrogen-bond donors (Lipinski definition) is 1. The number of benzene rings is 2. The monoisotopic (exact) mass is 463 g/mol. The number of hydrogen-bond acceptors (Lipinski definition) is 6. The van der Waals surface area contributed by atoms with Gasteiger partial charge in [0.25, 0.3) is 0 Å². The van der Waals surface area contributed by atoms with Gasteiger partial charge in [-0.25, -0.2) is 9.78 Å². The molecule has 0 spiro atoms. The maximum absolute atomic E-state index is 13.5. The molecule has 170 valence electrons. The highest BCUT2D eigenvalue weighted by Gasteiger charge is 2.38. The molecule has 2 heterocycles. The zero-order valence-corrected chi connectivity index (χ0v) is 18.9. The summed E-state index contributed by atoms with van der Waals surface area (Å²) in [4.78, 5) is 44.7. The average molecular weight is 464 g/mol. The summed E-state index contributed by atoms with van der Waals surface area (Å²) in [7, 11) is 0. The van der Waals surface area contributed by atoms with E-state index in [-0.39, 0.29) is 18.3 Å². The number of amides is 2. The fourth-order valence-corrected chi connectivity index (χ4v) is 4.57. The summed E-state index contributed by atoms with van der Waals surface area (Å²) >= 11 is 1.27. The number of alkyl carbamates (subject to hydrolysis) is 1. The van der Waals surface area contributed by atoms with Crippen LogP contribution in [0.25, 0.3) is 0 Å². The molecule has 2 amide bonds. The standard InChI is InChI=1S/C25H25N3O4S/c29-22(23-26-13-15-33-23)21-12-7-14-28(21)24(30)20(16-18-8-3-1-4-9-18)27-25(31)32-17-19-10-5-2-6-11-19/h1-6,8-11,13,15,20-21H,7,12,14,16-17H2,(H,27,31)/t20-,21-/m0/s1. The first-order chi connectivity index (χ1) is 16.1. The van der Waals surface area contributed by atoms with Crippen molar-refractivity contribution in [3.8, 4) is 0 Å². The Hall–Kier alpha value is -3.52. The topological polar surface area (TPSA) is 88.6 Å². The molecule has 0 bridgehead atoms. The molecule has 1 fully saturated rings. The van der Waals surface area contributed by atoms with Crippen molar-refractivity contribution in [2.24, 2.45) is 0 Å². The van der Waals surface area contributed by atoms with Crippen LogP contribution in [-0.4, -0.2) is 46.3 Å². The molecule has 4 rings (SSSR count). The van der Waals surface area contributed by atoms with Crippen LogP contribution in [0.5, 0.6) is 0 Å². The Balaban J connectivity index is 1.47. The van der Waals surface area contributed by atoms with E-state index in [0.717, 1.165) is 17.5 Å². The van der Waals surface area contributed by atoms with Crippen LogP contribution >= 0.6 is 11.3 Å². The molecule has 3 aromatic rings. The van der Waals surface area contributed by atoms with Crippen molar-refractivity contribution in [1.82, 2.24) is 15.2 Å². The van der Waals surface area contributed by atoms with Crippen molar-refractivity contribution in [2.75, 3.05) is 6.54 Å². The number of ketones is 1. The van der Waals surface area contributed by atoms with Gasteiger partial charge in [-0.05, 0) is 24.0 Å². The minimum Gasteiger partial charge on any atom is -0.445 e. The summed E-state index contributed by atoms with van der Waals surface area (Å²) < 4.78 is 5.35. The van der Waals surface area contributed by atoms with Gasteiger partial charge in [0.2, 0.25) is 11.7 Å². The lowest BCUT2D eigenvalue weighted by Gasteiger charge is -2.28. The van der Waals surface area contributed by atoms with E-state index in [4.69, 9.17) is 4.74 Å². The maximum atomic E-state index is 13.5. The van der Waals surface area contributed by atoms with E-state index < -0.39 is 18.2 Å². The molecular formula is C25H25N3O4S. The lowest BCUT2D eigenvalue weighted by Crippen LogP contribution is -2.52. The van der Waals surface area contributed by atoms with Crippen LogP contribution in [0.3, 0.4) is 0 Å². The molecule has 8 heteroatoms. The van der Waals surface area contributed by atoms with Crippen molar-refractivity contribution in [2.45, 2.75) is 38.0 Å². The highest BCUT2D eigenvalue weighted by molar-refractivity contribution is 7.11. The molecule has 1 aliphatic heterocycles. The summed E-state index contributed by atoms with van der Waals surface area (Å²) in [5, 5.41) is 4.87. The Kier molecular flexibility index (Phi) is 7.47. The second-order valence-electron chi connectivity index (χ2n) is 7.84. The summed E-state index contributed by atoms with van der Waals surface area (Å²) in [6.07, 6.45) is 2.52. The van der Waals surface area contributed by atoms with Crippen LogP contribution in [0.4, 0.5) is 4.79 Å². The molecule has 0 saturated carbocycles. The first-order valence-electron chi connectivity index (χ1n) is 10.9. The number of thiazole rings is 1. The lowest BCUT2D eigenvalue weighted by atomic mass is 10.0. The smallest absolute Gasteiger partial charge is 0.408 e. The van der Waals surface area contributed by atoms with Gasteiger partial charge >= 0.3 is 6.09 Å². The minimum atomic E-state index is -0.847. The molecule has 1 aliphatic rings. The lowest BCUT2D eigenvalue weighted by molar-refractivity contribution is -0.133. The molecule has 33 heavy (non-hydrogen) atoms. The molecule has 7 nitrogen and oxygen atoms in total. The van der Waals surface area contributed by atoms with E-state index >= 15 is 0 Å². The van der Waals surface area contributed by atoms with E-state index in [2.05, 4.69) is 10.3 Å². The van der Waals surface area contributed by atoms with Crippen molar-refractivity contribution in [3.05, 3.63) is 88.4 Å². The highest BCUT2D eigenvalue weighted by Crippen LogP contribution is 2.24. The third kappa shape index (κ3) is 5.84. The van der Waals surface area contributed by atoms with Crippen molar-refractivity contribution >= 4 is 29.1 Å². The predicted octanol–water partition coefficient (Wildman–Crippen LogP) is 3.85.